The van der Waals surface area contributed by atoms with Crippen molar-refractivity contribution in [3.05, 3.63) is 102 Å². The third kappa shape index (κ3) is 5.34. The van der Waals surface area contributed by atoms with Crippen LogP contribution >= 0.6 is 0 Å². The number of para-hydroxylation sites is 1. The first-order chi connectivity index (χ1) is 17.0. The van der Waals surface area contributed by atoms with E-state index >= 15 is 0 Å². The fraction of sp³-hybridized carbons (Fsp3) is 0.103. The molecular weight excluding hydrogens is 631 g/mol. The van der Waals surface area contributed by atoms with Gasteiger partial charge in [-0.15, -0.1) is 23.8 Å². The van der Waals surface area contributed by atoms with Gasteiger partial charge in [-0.3, -0.25) is 9.97 Å². The third-order valence-electron chi connectivity index (χ3n) is 5.54. The van der Waals surface area contributed by atoms with Gasteiger partial charge in [-0.05, 0) is 50.1 Å². The average Bonchev–Trinajstić information content (AvgIpc) is 2.84. The van der Waals surface area contributed by atoms with Crippen LogP contribution in [0.15, 0.2) is 79.0 Å². The molecule has 36 heavy (non-hydrogen) atoms. The molecule has 3 aromatic carbocycles. The smallest absolute Gasteiger partial charge is 0.217 e. The molecule has 5 rings (SSSR count). The van der Waals surface area contributed by atoms with Gasteiger partial charge in [0.2, 0.25) is 5.88 Å². The number of aromatic hydroxyl groups is 1. The van der Waals surface area contributed by atoms with Crippen molar-refractivity contribution in [2.75, 3.05) is 0 Å². The number of nitrogens with zero attached hydrogens (tertiary/aromatic N) is 4. The van der Waals surface area contributed by atoms with Crippen LogP contribution in [0.3, 0.4) is 0 Å². The van der Waals surface area contributed by atoms with E-state index in [1.165, 1.54) is 5.56 Å². The summed E-state index contributed by atoms with van der Waals surface area (Å²) in [5.74, 6) is 2.41. The van der Waals surface area contributed by atoms with Crippen molar-refractivity contribution < 1.29 is 30.9 Å². The molecule has 0 atom stereocenters. The summed E-state index contributed by atoms with van der Waals surface area (Å²) < 4.78 is 5.86. The molecule has 7 heteroatoms. The number of aryl methyl sites for hydroxylation is 3. The Bertz CT molecular complexity index is 1500. The second-order valence-electron chi connectivity index (χ2n) is 8.30. The molecule has 182 valence electrons. The van der Waals surface area contributed by atoms with Crippen LogP contribution in [-0.4, -0.2) is 25.0 Å². The molecule has 0 saturated carbocycles. The van der Waals surface area contributed by atoms with Crippen LogP contribution in [0.25, 0.3) is 34.2 Å². The SMILES string of the molecule is Cc1cc(C)c(-c2nc(-c3[c-]c(Oc4ccccn4)ccc3)nc(-c3ccccc3O)n2)c(C)c1.[Pt]. The minimum atomic E-state index is 0. The summed E-state index contributed by atoms with van der Waals surface area (Å²) in [6, 6.07) is 25.5. The summed E-state index contributed by atoms with van der Waals surface area (Å²) in [5, 5.41) is 10.5. The summed E-state index contributed by atoms with van der Waals surface area (Å²) in [6.45, 7) is 6.16. The molecule has 6 nitrogen and oxygen atoms in total. The maximum atomic E-state index is 10.5. The quantitative estimate of drug-likeness (QED) is 0.219. The summed E-state index contributed by atoms with van der Waals surface area (Å²) >= 11 is 0. The van der Waals surface area contributed by atoms with E-state index in [0.717, 1.165) is 16.7 Å². The topological polar surface area (TPSA) is 81.0 Å². The normalized spacial score (nSPS) is 10.5. The Kier molecular flexibility index (Phi) is 7.56. The molecule has 1 N–H and O–H groups in total. The standard InChI is InChI=1S/C29H23N4O2.Pt/c1-18-15-19(2)26(20(3)16-18)29-32-27(31-28(33-29)23-11-4-5-12-24(23)34)21-9-8-10-22(17-21)35-25-13-6-7-14-30-25;/h4-16,34H,1-3H3;/q-1;. The second kappa shape index (κ2) is 10.8. The zero-order valence-corrected chi connectivity index (χ0v) is 22.2. The summed E-state index contributed by atoms with van der Waals surface area (Å²) in [4.78, 5) is 18.5. The first-order valence-corrected chi connectivity index (χ1v) is 11.2. The number of pyridine rings is 1. The number of aromatic nitrogens is 4. The van der Waals surface area contributed by atoms with Crippen molar-refractivity contribution in [1.29, 1.82) is 0 Å². The number of rotatable bonds is 5. The molecule has 0 spiro atoms. The van der Waals surface area contributed by atoms with Gasteiger partial charge in [0.25, 0.3) is 0 Å². The summed E-state index contributed by atoms with van der Waals surface area (Å²) in [7, 11) is 0. The van der Waals surface area contributed by atoms with E-state index in [9.17, 15) is 5.11 Å². The van der Waals surface area contributed by atoms with Crippen LogP contribution in [0.5, 0.6) is 17.4 Å². The van der Waals surface area contributed by atoms with E-state index in [0.29, 0.717) is 40.2 Å². The molecule has 0 aliphatic rings. The van der Waals surface area contributed by atoms with Gasteiger partial charge in [0.1, 0.15) is 5.75 Å². The van der Waals surface area contributed by atoms with Crippen LogP contribution in [0, 0.1) is 26.8 Å². The van der Waals surface area contributed by atoms with Crippen molar-refractivity contribution in [1.82, 2.24) is 19.9 Å². The Hall–Kier alpha value is -3.89. The van der Waals surface area contributed by atoms with Crippen molar-refractivity contribution in [2.45, 2.75) is 20.8 Å². The van der Waals surface area contributed by atoms with Gasteiger partial charge in [-0.2, -0.15) is 0 Å². The summed E-state index contributed by atoms with van der Waals surface area (Å²) in [6.07, 6.45) is 1.67. The zero-order valence-electron chi connectivity index (χ0n) is 20.0. The van der Waals surface area contributed by atoms with Gasteiger partial charge in [0.15, 0.2) is 11.6 Å². The van der Waals surface area contributed by atoms with Crippen molar-refractivity contribution in [3.63, 3.8) is 0 Å². The molecule has 0 aliphatic heterocycles. The van der Waals surface area contributed by atoms with Gasteiger partial charge in [-0.25, -0.2) is 9.97 Å². The third-order valence-corrected chi connectivity index (χ3v) is 5.54. The minimum absolute atomic E-state index is 0. The molecule has 2 aromatic heterocycles. The van der Waals surface area contributed by atoms with Gasteiger partial charge in [0, 0.05) is 44.6 Å². The molecule has 0 unspecified atom stereocenters. The van der Waals surface area contributed by atoms with Crippen molar-refractivity contribution in [3.8, 4) is 51.5 Å². The van der Waals surface area contributed by atoms with Crippen LogP contribution in [0.4, 0.5) is 0 Å². The molecule has 0 amide bonds. The van der Waals surface area contributed by atoms with E-state index in [1.54, 1.807) is 36.5 Å². The maximum Gasteiger partial charge on any atom is 0.217 e. The zero-order chi connectivity index (χ0) is 24.4. The Morgan fingerprint density at radius 2 is 1.44 bits per heavy atom. The van der Waals surface area contributed by atoms with Gasteiger partial charge in [-0.1, -0.05) is 42.0 Å². The Morgan fingerprint density at radius 3 is 2.17 bits per heavy atom. The summed E-state index contributed by atoms with van der Waals surface area (Å²) in [5.41, 5.74) is 5.42. The van der Waals surface area contributed by atoms with Crippen molar-refractivity contribution >= 4 is 0 Å². The van der Waals surface area contributed by atoms with Crippen LogP contribution in [0.1, 0.15) is 16.7 Å². The Morgan fingerprint density at radius 1 is 0.750 bits per heavy atom. The van der Waals surface area contributed by atoms with Crippen molar-refractivity contribution in [2.24, 2.45) is 0 Å². The number of phenols is 1. The van der Waals surface area contributed by atoms with Crippen LogP contribution < -0.4 is 4.74 Å². The fourth-order valence-electron chi connectivity index (χ4n) is 4.08. The van der Waals surface area contributed by atoms with E-state index in [-0.39, 0.29) is 26.8 Å². The van der Waals surface area contributed by atoms with E-state index in [1.807, 2.05) is 44.2 Å². The first-order valence-electron chi connectivity index (χ1n) is 11.2. The number of phenolic OH excluding ortho intramolecular Hbond substituents is 1. The number of hydrogen-bond acceptors (Lipinski definition) is 6. The number of hydrogen-bond donors (Lipinski definition) is 1. The molecule has 0 bridgehead atoms. The number of ether oxygens (including phenoxy) is 1. The monoisotopic (exact) mass is 654 g/mol. The minimum Gasteiger partial charge on any atom is -0.507 e. The fourth-order valence-corrected chi connectivity index (χ4v) is 4.08. The predicted octanol–water partition coefficient (Wildman–Crippen LogP) is 6.49. The molecule has 2 heterocycles. The molecule has 0 fully saturated rings. The molecule has 0 saturated heterocycles. The molecule has 0 aliphatic carbocycles. The predicted molar refractivity (Wildman–Crippen MR) is 135 cm³/mol. The van der Waals surface area contributed by atoms with Gasteiger partial charge in [0.05, 0.1) is 11.4 Å². The maximum absolute atomic E-state index is 10.5. The Balaban J connectivity index is 0.00000304. The van der Waals surface area contributed by atoms with Gasteiger partial charge >= 0.3 is 0 Å². The Labute approximate surface area is 224 Å². The van der Waals surface area contributed by atoms with Crippen LogP contribution in [-0.2, 0) is 21.1 Å². The molecule has 5 aromatic rings. The molecular formula is C29H23N4O2Pt-. The average molecular weight is 655 g/mol. The number of benzene rings is 3. The van der Waals surface area contributed by atoms with Crippen LogP contribution in [0.2, 0.25) is 0 Å². The van der Waals surface area contributed by atoms with E-state index in [2.05, 4.69) is 30.1 Å². The first kappa shape index (κ1) is 25.2. The molecule has 0 radical (unpaired) electrons. The largest absolute Gasteiger partial charge is 0.507 e. The second-order valence-corrected chi connectivity index (χ2v) is 8.30. The van der Waals surface area contributed by atoms with Gasteiger partial charge < -0.3 is 9.84 Å². The van der Waals surface area contributed by atoms with E-state index in [4.69, 9.17) is 19.7 Å². The van der Waals surface area contributed by atoms with E-state index < -0.39 is 0 Å².